The number of hydrogen-bond donors (Lipinski definition) is 0. The molecule has 1 aromatic heterocycles. The van der Waals surface area contributed by atoms with E-state index < -0.39 is 0 Å². The molecule has 3 aliphatic rings. The Bertz CT molecular complexity index is 1860. The molecule has 2 heterocycles. The van der Waals surface area contributed by atoms with Crippen molar-refractivity contribution in [2.75, 3.05) is 0 Å². The first-order valence-corrected chi connectivity index (χ1v) is 14.0. The molecule has 0 saturated heterocycles. The number of dihydropyridines is 1. The van der Waals surface area contributed by atoms with Gasteiger partial charge in [0.15, 0.2) is 17.5 Å². The average Bonchev–Trinajstić information content (AvgIpc) is 3.43. The van der Waals surface area contributed by atoms with Crippen LogP contribution in [0, 0.1) is 5.92 Å². The molecule has 8 rings (SSSR count). The smallest absolute Gasteiger partial charge is 0.164 e. The summed E-state index contributed by atoms with van der Waals surface area (Å²) in [6.45, 7) is 0. The summed E-state index contributed by atoms with van der Waals surface area (Å²) in [4.78, 5) is 19.6. The Morgan fingerprint density at radius 2 is 1.32 bits per heavy atom. The van der Waals surface area contributed by atoms with Gasteiger partial charge in [-0.25, -0.2) is 15.0 Å². The van der Waals surface area contributed by atoms with Crippen LogP contribution in [0.1, 0.15) is 16.7 Å². The highest BCUT2D eigenvalue weighted by molar-refractivity contribution is 5.91. The maximum absolute atomic E-state index is 5.04. The molecule has 0 N–H and O–H groups in total. The highest BCUT2D eigenvalue weighted by Gasteiger charge is 2.26. The zero-order valence-corrected chi connectivity index (χ0v) is 22.4. The third kappa shape index (κ3) is 4.25. The van der Waals surface area contributed by atoms with Crippen molar-refractivity contribution in [2.45, 2.75) is 12.5 Å². The topological polar surface area (TPSA) is 51.0 Å². The van der Waals surface area contributed by atoms with Gasteiger partial charge in [0.25, 0.3) is 0 Å². The molecule has 1 aliphatic heterocycles. The number of nitrogens with zero attached hydrogens (tertiary/aromatic N) is 4. The summed E-state index contributed by atoms with van der Waals surface area (Å²) in [5.74, 6) is 2.34. The van der Waals surface area contributed by atoms with Crippen LogP contribution in [0.4, 0.5) is 0 Å². The van der Waals surface area contributed by atoms with E-state index in [2.05, 4.69) is 65.7 Å². The van der Waals surface area contributed by atoms with Crippen LogP contribution in [0.5, 0.6) is 0 Å². The van der Waals surface area contributed by atoms with Crippen LogP contribution in [0.25, 0.3) is 50.9 Å². The van der Waals surface area contributed by atoms with Crippen molar-refractivity contribution >= 4 is 11.8 Å². The van der Waals surface area contributed by atoms with Gasteiger partial charge in [0.1, 0.15) is 0 Å². The molecular formula is C37H26N4. The molecular weight excluding hydrogens is 500 g/mol. The summed E-state index contributed by atoms with van der Waals surface area (Å²) in [6, 6.07) is 33.9. The lowest BCUT2D eigenvalue weighted by atomic mass is 9.86. The van der Waals surface area contributed by atoms with Gasteiger partial charge in [-0.15, -0.1) is 0 Å². The number of fused-ring (bicyclic) bond motifs is 4. The lowest BCUT2D eigenvalue weighted by molar-refractivity contribution is 0.685. The predicted molar refractivity (Wildman–Crippen MR) is 166 cm³/mol. The molecule has 2 aliphatic carbocycles. The number of hydrogen-bond acceptors (Lipinski definition) is 4. The van der Waals surface area contributed by atoms with Gasteiger partial charge in [-0.2, -0.15) is 0 Å². The Morgan fingerprint density at radius 3 is 2.07 bits per heavy atom. The summed E-state index contributed by atoms with van der Waals surface area (Å²) in [6.07, 6.45) is 13.8. The second-order valence-electron chi connectivity index (χ2n) is 10.7. The monoisotopic (exact) mass is 526 g/mol. The molecule has 2 unspecified atom stereocenters. The minimum Gasteiger partial charge on any atom is -0.285 e. The second-order valence-corrected chi connectivity index (χ2v) is 10.7. The lowest BCUT2D eigenvalue weighted by Gasteiger charge is -2.22. The number of aliphatic imine (C=N–C) groups is 1. The van der Waals surface area contributed by atoms with Crippen molar-refractivity contribution < 1.29 is 0 Å². The normalized spacial score (nSPS) is 18.0. The maximum atomic E-state index is 5.04. The Morgan fingerprint density at radius 1 is 0.585 bits per heavy atom. The van der Waals surface area contributed by atoms with E-state index in [1.807, 2.05) is 73.0 Å². The fraction of sp³-hybridized carbons (Fsp3) is 0.0811. The Hall–Kier alpha value is -5.22. The predicted octanol–water partition coefficient (Wildman–Crippen LogP) is 8.02. The number of aromatic nitrogens is 3. The number of benzene rings is 4. The fourth-order valence-corrected chi connectivity index (χ4v) is 6.06. The molecule has 194 valence electrons. The Balaban J connectivity index is 1.27. The quantitative estimate of drug-likeness (QED) is 0.234. The van der Waals surface area contributed by atoms with E-state index in [9.17, 15) is 0 Å². The minimum absolute atomic E-state index is 0.201. The third-order valence-corrected chi connectivity index (χ3v) is 8.10. The van der Waals surface area contributed by atoms with Crippen molar-refractivity contribution in [3.8, 4) is 45.3 Å². The summed E-state index contributed by atoms with van der Waals surface area (Å²) in [7, 11) is 0. The van der Waals surface area contributed by atoms with Crippen LogP contribution in [0.2, 0.25) is 0 Å². The Kier molecular flexibility index (Phi) is 5.63. The van der Waals surface area contributed by atoms with Gasteiger partial charge in [-0.3, -0.25) is 4.99 Å². The SMILES string of the molecule is C1=CC2C=C(c3ccc4c(c3)-c3c(cccc3-c3nc(-c5ccccc5)nc(-c5ccccc5)n3)C4)C=CC2N=C1. The zero-order chi connectivity index (χ0) is 27.2. The second kappa shape index (κ2) is 9.76. The molecule has 0 amide bonds. The van der Waals surface area contributed by atoms with Gasteiger partial charge in [0.2, 0.25) is 0 Å². The van der Waals surface area contributed by atoms with Gasteiger partial charge in [0.05, 0.1) is 6.04 Å². The van der Waals surface area contributed by atoms with Crippen molar-refractivity contribution in [3.63, 3.8) is 0 Å². The van der Waals surface area contributed by atoms with Crippen LogP contribution < -0.4 is 0 Å². The summed E-state index contributed by atoms with van der Waals surface area (Å²) < 4.78 is 0. The number of allylic oxidation sites excluding steroid dienone is 3. The van der Waals surface area contributed by atoms with Crippen molar-refractivity contribution in [3.05, 3.63) is 144 Å². The van der Waals surface area contributed by atoms with Gasteiger partial charge in [-0.05, 0) is 52.0 Å². The van der Waals surface area contributed by atoms with E-state index in [1.165, 1.54) is 33.4 Å². The van der Waals surface area contributed by atoms with E-state index in [-0.39, 0.29) is 6.04 Å². The Labute approximate surface area is 239 Å². The maximum Gasteiger partial charge on any atom is 0.164 e. The number of rotatable bonds is 4. The molecule has 4 aromatic carbocycles. The minimum atomic E-state index is 0.201. The summed E-state index contributed by atoms with van der Waals surface area (Å²) in [5, 5.41) is 0. The first-order valence-electron chi connectivity index (χ1n) is 14.0. The van der Waals surface area contributed by atoms with Crippen LogP contribution >= 0.6 is 0 Å². The molecule has 0 saturated carbocycles. The largest absolute Gasteiger partial charge is 0.285 e. The van der Waals surface area contributed by atoms with Crippen LogP contribution in [0.3, 0.4) is 0 Å². The zero-order valence-electron chi connectivity index (χ0n) is 22.4. The molecule has 0 bridgehead atoms. The van der Waals surface area contributed by atoms with Gasteiger partial charge in [-0.1, -0.05) is 115 Å². The molecule has 41 heavy (non-hydrogen) atoms. The van der Waals surface area contributed by atoms with Crippen LogP contribution in [-0.4, -0.2) is 27.2 Å². The van der Waals surface area contributed by atoms with E-state index >= 15 is 0 Å². The fourth-order valence-electron chi connectivity index (χ4n) is 6.06. The molecule has 4 heteroatoms. The highest BCUT2D eigenvalue weighted by Crippen LogP contribution is 2.44. The van der Waals surface area contributed by atoms with Gasteiger partial charge < -0.3 is 0 Å². The standard InChI is InChI=1S/C37H26N4/c1-3-9-24(10-4-1)35-39-36(25-11-5-2-6-12-25)41-37(40-35)31-15-7-13-30-22-28-17-16-27(23-32(28)34(30)31)26-18-19-33-29(21-26)14-8-20-38-33/h1-21,23,29,33H,22H2. The summed E-state index contributed by atoms with van der Waals surface area (Å²) in [5.41, 5.74) is 10.5. The highest BCUT2D eigenvalue weighted by atomic mass is 15.0. The first kappa shape index (κ1) is 23.6. The van der Waals surface area contributed by atoms with Gasteiger partial charge in [0, 0.05) is 28.8 Å². The molecule has 0 fully saturated rings. The average molecular weight is 527 g/mol. The van der Waals surface area contributed by atoms with Crippen molar-refractivity contribution in [1.29, 1.82) is 0 Å². The van der Waals surface area contributed by atoms with E-state index in [1.54, 1.807) is 0 Å². The van der Waals surface area contributed by atoms with Crippen molar-refractivity contribution in [1.82, 2.24) is 15.0 Å². The van der Waals surface area contributed by atoms with E-state index in [0.29, 0.717) is 23.4 Å². The van der Waals surface area contributed by atoms with Crippen molar-refractivity contribution in [2.24, 2.45) is 10.9 Å². The van der Waals surface area contributed by atoms with E-state index in [4.69, 9.17) is 15.0 Å². The van der Waals surface area contributed by atoms with Gasteiger partial charge >= 0.3 is 0 Å². The lowest BCUT2D eigenvalue weighted by Crippen LogP contribution is -2.17. The molecule has 4 nitrogen and oxygen atoms in total. The molecule has 0 spiro atoms. The third-order valence-electron chi connectivity index (χ3n) is 8.10. The van der Waals surface area contributed by atoms with E-state index in [0.717, 1.165) is 23.1 Å². The molecule has 2 atom stereocenters. The molecule has 5 aromatic rings. The first-order chi connectivity index (χ1) is 20.3. The van der Waals surface area contributed by atoms with Crippen LogP contribution in [-0.2, 0) is 6.42 Å². The summed E-state index contributed by atoms with van der Waals surface area (Å²) >= 11 is 0. The van der Waals surface area contributed by atoms with Crippen LogP contribution in [0.15, 0.2) is 132 Å². The molecule has 0 radical (unpaired) electrons.